The van der Waals surface area contributed by atoms with Crippen LogP contribution < -0.4 is 10.6 Å². The van der Waals surface area contributed by atoms with Crippen molar-refractivity contribution < 1.29 is 9.90 Å². The summed E-state index contributed by atoms with van der Waals surface area (Å²) >= 11 is 0. The first-order valence-electron chi connectivity index (χ1n) is 6.38. The summed E-state index contributed by atoms with van der Waals surface area (Å²) in [6.45, 7) is 5.32. The van der Waals surface area contributed by atoms with E-state index in [1.807, 2.05) is 6.07 Å². The molecule has 0 aromatic heterocycles. The second-order valence-corrected chi connectivity index (χ2v) is 5.27. The Hall–Kier alpha value is -1.71. The lowest BCUT2D eigenvalue weighted by Crippen LogP contribution is -2.32. The van der Waals surface area contributed by atoms with Gasteiger partial charge in [0.05, 0.1) is 5.56 Å². The summed E-state index contributed by atoms with van der Waals surface area (Å²) in [6.07, 6.45) is 2.60. The van der Waals surface area contributed by atoms with Crippen LogP contribution in [0.15, 0.2) is 18.2 Å². The summed E-state index contributed by atoms with van der Waals surface area (Å²) in [5.41, 5.74) is 7.32. The fraction of sp³-hybridized carbons (Fsp3) is 0.500. The standard InChI is InChI=1S/C14H20N2O2/c1-9(2)16(8-10-3-4-10)11-5-6-12(14(17)18)13(15)7-11/h5-7,9-10H,3-4,8,15H2,1-2H3,(H,17,18). The molecule has 0 bridgehead atoms. The number of nitrogen functional groups attached to an aromatic ring is 1. The zero-order chi connectivity index (χ0) is 13.3. The molecule has 0 amide bonds. The Morgan fingerprint density at radius 1 is 1.50 bits per heavy atom. The van der Waals surface area contributed by atoms with Crippen molar-refractivity contribution in [3.63, 3.8) is 0 Å². The molecule has 2 rings (SSSR count). The maximum atomic E-state index is 10.9. The highest BCUT2D eigenvalue weighted by Crippen LogP contribution is 2.33. The van der Waals surface area contributed by atoms with Crippen molar-refractivity contribution in [3.05, 3.63) is 23.8 Å². The normalized spacial score (nSPS) is 14.8. The zero-order valence-electron chi connectivity index (χ0n) is 10.9. The summed E-state index contributed by atoms with van der Waals surface area (Å²) in [5, 5.41) is 8.97. The second-order valence-electron chi connectivity index (χ2n) is 5.27. The molecule has 1 fully saturated rings. The van der Waals surface area contributed by atoms with E-state index >= 15 is 0 Å². The number of carboxylic acid groups (broad SMARTS) is 1. The number of carboxylic acids is 1. The van der Waals surface area contributed by atoms with Crippen LogP contribution >= 0.6 is 0 Å². The molecule has 0 unspecified atom stereocenters. The van der Waals surface area contributed by atoms with Crippen molar-refractivity contribution in [1.82, 2.24) is 0 Å². The van der Waals surface area contributed by atoms with E-state index in [1.165, 1.54) is 12.8 Å². The maximum Gasteiger partial charge on any atom is 0.337 e. The fourth-order valence-electron chi connectivity index (χ4n) is 2.12. The Balaban J connectivity index is 2.24. The van der Waals surface area contributed by atoms with Crippen molar-refractivity contribution >= 4 is 17.3 Å². The van der Waals surface area contributed by atoms with Gasteiger partial charge in [0.1, 0.15) is 0 Å². The van der Waals surface area contributed by atoms with Gasteiger partial charge in [0, 0.05) is 24.0 Å². The van der Waals surface area contributed by atoms with E-state index in [2.05, 4.69) is 18.7 Å². The lowest BCUT2D eigenvalue weighted by molar-refractivity contribution is 0.0698. The second kappa shape index (κ2) is 4.88. The number of hydrogen-bond acceptors (Lipinski definition) is 3. The quantitative estimate of drug-likeness (QED) is 0.786. The molecule has 4 heteroatoms. The van der Waals surface area contributed by atoms with E-state index in [4.69, 9.17) is 10.8 Å². The molecule has 0 heterocycles. The molecular weight excluding hydrogens is 228 g/mol. The van der Waals surface area contributed by atoms with Gasteiger partial charge in [-0.1, -0.05) is 0 Å². The molecular formula is C14H20N2O2. The molecule has 0 radical (unpaired) electrons. The largest absolute Gasteiger partial charge is 0.478 e. The summed E-state index contributed by atoms with van der Waals surface area (Å²) in [7, 11) is 0. The lowest BCUT2D eigenvalue weighted by Gasteiger charge is -2.29. The average molecular weight is 248 g/mol. The molecule has 98 valence electrons. The highest BCUT2D eigenvalue weighted by molar-refractivity contribution is 5.94. The zero-order valence-corrected chi connectivity index (χ0v) is 10.9. The number of nitrogens with two attached hydrogens (primary N) is 1. The molecule has 1 aliphatic carbocycles. The van der Waals surface area contributed by atoms with Gasteiger partial charge in [0.25, 0.3) is 0 Å². The van der Waals surface area contributed by atoms with Crippen molar-refractivity contribution in [2.24, 2.45) is 5.92 Å². The Kier molecular flexibility index (Phi) is 3.45. The van der Waals surface area contributed by atoms with Crippen LogP contribution in [-0.2, 0) is 0 Å². The smallest absolute Gasteiger partial charge is 0.337 e. The van der Waals surface area contributed by atoms with E-state index in [0.29, 0.717) is 11.7 Å². The summed E-state index contributed by atoms with van der Waals surface area (Å²) in [4.78, 5) is 13.2. The Bertz CT molecular complexity index is 453. The van der Waals surface area contributed by atoms with E-state index in [1.54, 1.807) is 12.1 Å². The summed E-state index contributed by atoms with van der Waals surface area (Å²) < 4.78 is 0. The molecule has 1 aliphatic rings. The molecule has 18 heavy (non-hydrogen) atoms. The van der Waals surface area contributed by atoms with Crippen LogP contribution in [0.25, 0.3) is 0 Å². The van der Waals surface area contributed by atoms with Gasteiger partial charge in [0.15, 0.2) is 0 Å². The number of aromatic carboxylic acids is 1. The number of rotatable bonds is 5. The van der Waals surface area contributed by atoms with Crippen LogP contribution in [0.5, 0.6) is 0 Å². The van der Waals surface area contributed by atoms with E-state index in [-0.39, 0.29) is 5.56 Å². The third kappa shape index (κ3) is 2.75. The van der Waals surface area contributed by atoms with Crippen LogP contribution in [-0.4, -0.2) is 23.7 Å². The van der Waals surface area contributed by atoms with Gasteiger partial charge in [-0.05, 0) is 50.8 Å². The molecule has 0 saturated heterocycles. The van der Waals surface area contributed by atoms with Crippen LogP contribution in [0.4, 0.5) is 11.4 Å². The Morgan fingerprint density at radius 2 is 2.17 bits per heavy atom. The van der Waals surface area contributed by atoms with Gasteiger partial charge in [0.2, 0.25) is 0 Å². The molecule has 3 N–H and O–H groups in total. The molecule has 0 aliphatic heterocycles. The van der Waals surface area contributed by atoms with Crippen molar-refractivity contribution in [2.75, 3.05) is 17.2 Å². The third-order valence-corrected chi connectivity index (χ3v) is 3.37. The molecule has 1 aromatic carbocycles. The molecule has 1 saturated carbocycles. The maximum absolute atomic E-state index is 10.9. The van der Waals surface area contributed by atoms with Crippen molar-refractivity contribution in [2.45, 2.75) is 32.7 Å². The first-order valence-corrected chi connectivity index (χ1v) is 6.38. The predicted molar refractivity (Wildman–Crippen MR) is 73.0 cm³/mol. The number of anilines is 2. The van der Waals surface area contributed by atoms with Crippen molar-refractivity contribution in [3.8, 4) is 0 Å². The SMILES string of the molecule is CC(C)N(CC1CC1)c1ccc(C(=O)O)c(N)c1. The third-order valence-electron chi connectivity index (χ3n) is 3.37. The van der Waals surface area contributed by atoms with Gasteiger partial charge < -0.3 is 15.7 Å². The Morgan fingerprint density at radius 3 is 2.61 bits per heavy atom. The first kappa shape index (κ1) is 12.7. The minimum Gasteiger partial charge on any atom is -0.478 e. The predicted octanol–water partition coefficient (Wildman–Crippen LogP) is 2.59. The lowest BCUT2D eigenvalue weighted by atomic mass is 10.1. The average Bonchev–Trinajstić information content (AvgIpc) is 3.08. The number of carbonyl (C=O) groups is 1. The molecule has 0 spiro atoms. The van der Waals surface area contributed by atoms with Gasteiger partial charge in [-0.3, -0.25) is 0 Å². The molecule has 1 aromatic rings. The number of nitrogens with zero attached hydrogens (tertiary/aromatic N) is 1. The van der Waals surface area contributed by atoms with Crippen LogP contribution in [0, 0.1) is 5.92 Å². The topological polar surface area (TPSA) is 66.6 Å². The monoisotopic (exact) mass is 248 g/mol. The van der Waals surface area contributed by atoms with E-state index < -0.39 is 5.97 Å². The molecule has 4 nitrogen and oxygen atoms in total. The van der Waals surface area contributed by atoms with Gasteiger partial charge in [-0.25, -0.2) is 4.79 Å². The molecule has 0 atom stereocenters. The van der Waals surface area contributed by atoms with Crippen molar-refractivity contribution in [1.29, 1.82) is 0 Å². The van der Waals surface area contributed by atoms with E-state index in [9.17, 15) is 4.79 Å². The number of hydrogen-bond donors (Lipinski definition) is 2. The summed E-state index contributed by atoms with van der Waals surface area (Å²) in [5.74, 6) is -0.190. The summed E-state index contributed by atoms with van der Waals surface area (Å²) in [6, 6.07) is 5.60. The highest BCUT2D eigenvalue weighted by atomic mass is 16.4. The van der Waals surface area contributed by atoms with Crippen LogP contribution in [0.2, 0.25) is 0 Å². The minimum absolute atomic E-state index is 0.175. The first-order chi connectivity index (χ1) is 8.49. The van der Waals surface area contributed by atoms with Crippen LogP contribution in [0.1, 0.15) is 37.0 Å². The minimum atomic E-state index is -0.975. The highest BCUT2D eigenvalue weighted by Gasteiger charge is 2.26. The van der Waals surface area contributed by atoms with Crippen LogP contribution in [0.3, 0.4) is 0 Å². The van der Waals surface area contributed by atoms with E-state index in [0.717, 1.165) is 18.2 Å². The fourth-order valence-corrected chi connectivity index (χ4v) is 2.12. The van der Waals surface area contributed by atoms with Gasteiger partial charge in [-0.2, -0.15) is 0 Å². The van der Waals surface area contributed by atoms with Gasteiger partial charge >= 0.3 is 5.97 Å². The Labute approximate surface area is 107 Å². The number of benzene rings is 1. The van der Waals surface area contributed by atoms with Gasteiger partial charge in [-0.15, -0.1) is 0 Å².